The highest BCUT2D eigenvalue weighted by Gasteiger charge is 2.34. The van der Waals surface area contributed by atoms with E-state index in [1.54, 1.807) is 0 Å². The molecule has 166 valence electrons. The predicted molar refractivity (Wildman–Crippen MR) is 115 cm³/mol. The number of rotatable bonds is 6. The van der Waals surface area contributed by atoms with Crippen LogP contribution in [0.1, 0.15) is 18.4 Å². The predicted octanol–water partition coefficient (Wildman–Crippen LogP) is 2.15. The Morgan fingerprint density at radius 1 is 0.935 bits per heavy atom. The van der Waals surface area contributed by atoms with Crippen molar-refractivity contribution in [2.45, 2.75) is 25.3 Å². The number of piperazine rings is 1. The van der Waals surface area contributed by atoms with Gasteiger partial charge >= 0.3 is 0 Å². The van der Waals surface area contributed by atoms with Gasteiger partial charge in [0.1, 0.15) is 18.0 Å². The fourth-order valence-electron chi connectivity index (χ4n) is 3.94. The first-order valence-corrected chi connectivity index (χ1v) is 10.7. The summed E-state index contributed by atoms with van der Waals surface area (Å²) < 4.78 is 26.8. The summed E-state index contributed by atoms with van der Waals surface area (Å²) in [6.45, 7) is 4.52. The van der Waals surface area contributed by atoms with Crippen LogP contribution in [-0.4, -0.2) is 72.5 Å². The number of hydrogen-bond donors (Lipinski definition) is 1. The Labute approximate surface area is 181 Å². The van der Waals surface area contributed by atoms with Gasteiger partial charge in [-0.05, 0) is 5.56 Å². The van der Waals surface area contributed by atoms with Crippen molar-refractivity contribution in [3.8, 4) is 0 Å². The molecule has 1 aromatic carbocycles. The highest BCUT2D eigenvalue weighted by Crippen LogP contribution is 2.30. The van der Waals surface area contributed by atoms with Crippen LogP contribution in [0.5, 0.6) is 0 Å². The van der Waals surface area contributed by atoms with E-state index >= 15 is 0 Å². The number of halogens is 2. The number of alkyl halides is 2. The maximum absolute atomic E-state index is 13.4. The van der Waals surface area contributed by atoms with Crippen molar-refractivity contribution < 1.29 is 13.6 Å². The minimum atomic E-state index is -2.57. The fourth-order valence-corrected chi connectivity index (χ4v) is 3.94. The molecule has 0 saturated carbocycles. The lowest BCUT2D eigenvalue weighted by atomic mass is 10.1. The average Bonchev–Trinajstić information content (AvgIpc) is 2.79. The molecular weight excluding hydrogens is 402 g/mol. The van der Waals surface area contributed by atoms with Crippen LogP contribution >= 0.6 is 0 Å². The first kappa shape index (κ1) is 21.4. The fraction of sp³-hybridized carbons (Fsp3) is 0.500. The van der Waals surface area contributed by atoms with E-state index in [4.69, 9.17) is 0 Å². The second-order valence-corrected chi connectivity index (χ2v) is 8.10. The van der Waals surface area contributed by atoms with Gasteiger partial charge in [0, 0.05) is 64.7 Å². The van der Waals surface area contributed by atoms with Gasteiger partial charge in [0.05, 0.1) is 6.54 Å². The molecule has 0 bridgehead atoms. The number of hydrogen-bond acceptors (Lipinski definition) is 6. The van der Waals surface area contributed by atoms with Crippen molar-refractivity contribution in [2.24, 2.45) is 0 Å². The van der Waals surface area contributed by atoms with Crippen LogP contribution in [0.3, 0.4) is 0 Å². The van der Waals surface area contributed by atoms with E-state index in [-0.39, 0.29) is 18.7 Å². The van der Waals surface area contributed by atoms with E-state index in [1.807, 2.05) is 41.3 Å². The molecular formula is C22H28F2N6O. The Morgan fingerprint density at radius 2 is 1.55 bits per heavy atom. The summed E-state index contributed by atoms with van der Waals surface area (Å²) in [7, 11) is 0. The molecule has 31 heavy (non-hydrogen) atoms. The Balaban J connectivity index is 1.25. The molecule has 0 spiro atoms. The third kappa shape index (κ3) is 5.88. The molecule has 4 rings (SSSR count). The Bertz CT molecular complexity index is 863. The highest BCUT2D eigenvalue weighted by atomic mass is 19.3. The topological polar surface area (TPSA) is 64.6 Å². The van der Waals surface area contributed by atoms with Crippen LogP contribution in [0.25, 0.3) is 0 Å². The summed E-state index contributed by atoms with van der Waals surface area (Å²) in [5.41, 5.74) is 1.08. The van der Waals surface area contributed by atoms with Gasteiger partial charge in [-0.15, -0.1) is 0 Å². The lowest BCUT2D eigenvalue weighted by molar-refractivity contribution is -0.122. The monoisotopic (exact) mass is 430 g/mol. The first-order chi connectivity index (χ1) is 15.0. The van der Waals surface area contributed by atoms with Gasteiger partial charge in [-0.3, -0.25) is 9.69 Å². The van der Waals surface area contributed by atoms with Crippen molar-refractivity contribution in [3.05, 3.63) is 48.3 Å². The standard InChI is InChI=1S/C22H28F2N6O/c23-22(24)6-8-29(9-7-22)19-14-20(27-17-26-19)30-12-10-28(11-13-30)16-21(31)25-15-18-4-2-1-3-5-18/h1-5,14,17H,6-13,15-16H2,(H,25,31). The SMILES string of the molecule is O=C(CN1CCN(c2cc(N3CCC(F)(F)CC3)ncn2)CC1)NCc1ccccc1. The number of aromatic nitrogens is 2. The minimum Gasteiger partial charge on any atom is -0.356 e. The van der Waals surface area contributed by atoms with Gasteiger partial charge in [-0.1, -0.05) is 30.3 Å². The van der Waals surface area contributed by atoms with Crippen LogP contribution in [-0.2, 0) is 11.3 Å². The molecule has 2 aliphatic heterocycles. The second-order valence-electron chi connectivity index (χ2n) is 8.10. The molecule has 2 aromatic rings. The van der Waals surface area contributed by atoms with E-state index < -0.39 is 5.92 Å². The molecule has 1 N–H and O–H groups in total. The van der Waals surface area contributed by atoms with E-state index in [9.17, 15) is 13.6 Å². The van der Waals surface area contributed by atoms with Gasteiger partial charge in [0.25, 0.3) is 5.92 Å². The summed E-state index contributed by atoms with van der Waals surface area (Å²) in [6, 6.07) is 11.7. The molecule has 3 heterocycles. The largest absolute Gasteiger partial charge is 0.356 e. The van der Waals surface area contributed by atoms with Crippen molar-refractivity contribution in [1.82, 2.24) is 20.2 Å². The van der Waals surface area contributed by atoms with Gasteiger partial charge in [-0.25, -0.2) is 18.7 Å². The number of anilines is 2. The average molecular weight is 431 g/mol. The molecule has 7 nitrogen and oxygen atoms in total. The molecule has 1 aromatic heterocycles. The first-order valence-electron chi connectivity index (χ1n) is 10.7. The molecule has 0 unspecified atom stereocenters. The van der Waals surface area contributed by atoms with Crippen molar-refractivity contribution >= 4 is 17.5 Å². The Morgan fingerprint density at radius 3 is 2.19 bits per heavy atom. The molecule has 0 radical (unpaired) electrons. The van der Waals surface area contributed by atoms with E-state index in [0.717, 1.165) is 37.6 Å². The van der Waals surface area contributed by atoms with Gasteiger partial charge < -0.3 is 15.1 Å². The summed E-state index contributed by atoms with van der Waals surface area (Å²) in [6.07, 6.45) is 1.22. The Hall–Kier alpha value is -2.81. The number of carbonyl (C=O) groups is 1. The zero-order chi connectivity index (χ0) is 21.7. The molecule has 9 heteroatoms. The third-order valence-corrected chi connectivity index (χ3v) is 5.85. The van der Waals surface area contributed by atoms with Crippen LogP contribution in [0.2, 0.25) is 0 Å². The van der Waals surface area contributed by atoms with Gasteiger partial charge in [0.2, 0.25) is 5.91 Å². The summed E-state index contributed by atoms with van der Waals surface area (Å²) in [5.74, 6) is -1.06. The smallest absolute Gasteiger partial charge is 0.251 e. The number of amides is 1. The number of benzene rings is 1. The number of piperidine rings is 1. The second kappa shape index (κ2) is 9.55. The van der Waals surface area contributed by atoms with Crippen LogP contribution in [0, 0.1) is 0 Å². The molecule has 1 amide bonds. The maximum atomic E-state index is 13.4. The van der Waals surface area contributed by atoms with Crippen molar-refractivity contribution in [1.29, 1.82) is 0 Å². The van der Waals surface area contributed by atoms with E-state index in [1.165, 1.54) is 6.33 Å². The van der Waals surface area contributed by atoms with Crippen LogP contribution in [0.4, 0.5) is 20.4 Å². The van der Waals surface area contributed by atoms with E-state index in [0.29, 0.717) is 32.0 Å². The van der Waals surface area contributed by atoms with Crippen LogP contribution in [0.15, 0.2) is 42.7 Å². The molecule has 2 aliphatic rings. The van der Waals surface area contributed by atoms with Gasteiger partial charge in [0.15, 0.2) is 0 Å². The Kier molecular flexibility index (Phi) is 6.60. The number of nitrogens with one attached hydrogen (secondary N) is 1. The summed E-state index contributed by atoms with van der Waals surface area (Å²) in [5, 5.41) is 2.97. The lowest BCUT2D eigenvalue weighted by Crippen LogP contribution is -2.49. The lowest BCUT2D eigenvalue weighted by Gasteiger charge is -2.36. The minimum absolute atomic E-state index is 0.0172. The van der Waals surface area contributed by atoms with Crippen molar-refractivity contribution in [2.75, 3.05) is 55.6 Å². The summed E-state index contributed by atoms with van der Waals surface area (Å²) in [4.78, 5) is 27.1. The van der Waals surface area contributed by atoms with Crippen LogP contribution < -0.4 is 15.1 Å². The maximum Gasteiger partial charge on any atom is 0.251 e. The number of nitrogens with zero attached hydrogens (tertiary/aromatic N) is 5. The highest BCUT2D eigenvalue weighted by molar-refractivity contribution is 5.78. The molecule has 0 aliphatic carbocycles. The molecule has 2 saturated heterocycles. The number of carbonyl (C=O) groups excluding carboxylic acids is 1. The van der Waals surface area contributed by atoms with Gasteiger partial charge in [-0.2, -0.15) is 0 Å². The normalized spacial score (nSPS) is 19.3. The molecule has 2 fully saturated rings. The third-order valence-electron chi connectivity index (χ3n) is 5.85. The summed E-state index contributed by atoms with van der Waals surface area (Å²) >= 11 is 0. The quantitative estimate of drug-likeness (QED) is 0.758. The zero-order valence-electron chi connectivity index (χ0n) is 17.5. The zero-order valence-corrected chi connectivity index (χ0v) is 17.5. The molecule has 0 atom stereocenters. The van der Waals surface area contributed by atoms with Crippen molar-refractivity contribution in [3.63, 3.8) is 0 Å². The van der Waals surface area contributed by atoms with E-state index in [2.05, 4.69) is 25.1 Å².